The predicted octanol–water partition coefficient (Wildman–Crippen LogP) is 2.31. The molecule has 3 heteroatoms. The standard InChI is InChI=1S/C13H14O3/c1-10(7-15-9-14)12-6-11-4-2-3-5-13(11)16-8-12/h2-5,8-10H,6-7H2,1H3. The zero-order valence-corrected chi connectivity index (χ0v) is 9.18. The second kappa shape index (κ2) is 4.84. The van der Waals surface area contributed by atoms with Crippen LogP contribution in [0.2, 0.25) is 0 Å². The Morgan fingerprint density at radius 3 is 3.12 bits per heavy atom. The van der Waals surface area contributed by atoms with Gasteiger partial charge in [-0.05, 0) is 17.2 Å². The molecule has 84 valence electrons. The van der Waals surface area contributed by atoms with E-state index in [0.717, 1.165) is 17.7 Å². The number of benzene rings is 1. The molecule has 1 aliphatic rings. The highest BCUT2D eigenvalue weighted by atomic mass is 16.5. The van der Waals surface area contributed by atoms with Gasteiger partial charge < -0.3 is 9.47 Å². The summed E-state index contributed by atoms with van der Waals surface area (Å²) in [5.41, 5.74) is 2.33. The van der Waals surface area contributed by atoms with Crippen molar-refractivity contribution < 1.29 is 14.3 Å². The van der Waals surface area contributed by atoms with Crippen molar-refractivity contribution in [2.75, 3.05) is 6.61 Å². The summed E-state index contributed by atoms with van der Waals surface area (Å²) in [6, 6.07) is 7.96. The number of rotatable bonds is 4. The van der Waals surface area contributed by atoms with Gasteiger partial charge in [-0.15, -0.1) is 0 Å². The van der Waals surface area contributed by atoms with E-state index in [1.165, 1.54) is 5.56 Å². The molecule has 0 aliphatic carbocycles. The minimum Gasteiger partial charge on any atom is -0.467 e. The molecule has 0 bridgehead atoms. The largest absolute Gasteiger partial charge is 0.467 e. The van der Waals surface area contributed by atoms with Crippen molar-refractivity contribution in [2.24, 2.45) is 5.92 Å². The number of para-hydroxylation sites is 1. The number of fused-ring (bicyclic) bond motifs is 1. The van der Waals surface area contributed by atoms with Gasteiger partial charge in [-0.1, -0.05) is 25.1 Å². The summed E-state index contributed by atoms with van der Waals surface area (Å²) in [6.45, 7) is 2.90. The highest BCUT2D eigenvalue weighted by Gasteiger charge is 2.17. The smallest absolute Gasteiger partial charge is 0.293 e. The lowest BCUT2D eigenvalue weighted by Crippen LogP contribution is -2.14. The van der Waals surface area contributed by atoms with Gasteiger partial charge in [0.25, 0.3) is 6.47 Å². The van der Waals surface area contributed by atoms with Crippen molar-refractivity contribution in [1.29, 1.82) is 0 Å². The maximum absolute atomic E-state index is 10.1. The number of hydrogen-bond donors (Lipinski definition) is 0. The van der Waals surface area contributed by atoms with Crippen molar-refractivity contribution in [3.05, 3.63) is 41.7 Å². The van der Waals surface area contributed by atoms with E-state index in [9.17, 15) is 4.79 Å². The summed E-state index contributed by atoms with van der Waals surface area (Å²) in [4.78, 5) is 10.1. The first-order valence-corrected chi connectivity index (χ1v) is 5.30. The minimum absolute atomic E-state index is 0.193. The second-order valence-electron chi connectivity index (χ2n) is 3.93. The first-order valence-electron chi connectivity index (χ1n) is 5.30. The van der Waals surface area contributed by atoms with Gasteiger partial charge in [-0.25, -0.2) is 0 Å². The van der Waals surface area contributed by atoms with Crippen LogP contribution in [0.25, 0.3) is 0 Å². The molecular formula is C13H14O3. The fourth-order valence-electron chi connectivity index (χ4n) is 1.75. The fraction of sp³-hybridized carbons (Fsp3) is 0.308. The van der Waals surface area contributed by atoms with E-state index in [1.807, 2.05) is 25.1 Å². The van der Waals surface area contributed by atoms with Crippen LogP contribution in [-0.2, 0) is 16.0 Å². The van der Waals surface area contributed by atoms with Gasteiger partial charge in [0.15, 0.2) is 0 Å². The van der Waals surface area contributed by atoms with Crippen molar-refractivity contribution in [1.82, 2.24) is 0 Å². The van der Waals surface area contributed by atoms with Crippen molar-refractivity contribution in [3.8, 4) is 5.75 Å². The Balaban J connectivity index is 2.05. The van der Waals surface area contributed by atoms with Gasteiger partial charge in [-0.3, -0.25) is 4.79 Å². The SMILES string of the molecule is CC(COC=O)C1=COc2ccccc2C1. The predicted molar refractivity (Wildman–Crippen MR) is 60.0 cm³/mol. The average molecular weight is 218 g/mol. The lowest BCUT2D eigenvalue weighted by Gasteiger charge is -2.21. The van der Waals surface area contributed by atoms with Crippen LogP contribution >= 0.6 is 0 Å². The summed E-state index contributed by atoms with van der Waals surface area (Å²) < 4.78 is 10.3. The van der Waals surface area contributed by atoms with E-state index in [0.29, 0.717) is 13.1 Å². The molecule has 0 amide bonds. The first-order chi connectivity index (χ1) is 7.81. The molecule has 1 atom stereocenters. The van der Waals surface area contributed by atoms with Crippen LogP contribution in [0.4, 0.5) is 0 Å². The highest BCUT2D eigenvalue weighted by Crippen LogP contribution is 2.29. The molecule has 0 saturated carbocycles. The number of hydrogen-bond acceptors (Lipinski definition) is 3. The first kappa shape index (κ1) is 10.7. The van der Waals surface area contributed by atoms with Crippen LogP contribution < -0.4 is 4.74 Å². The summed E-state index contributed by atoms with van der Waals surface area (Å²) in [5, 5.41) is 0. The van der Waals surface area contributed by atoms with Crippen LogP contribution in [-0.4, -0.2) is 13.1 Å². The van der Waals surface area contributed by atoms with Gasteiger partial charge in [0, 0.05) is 12.3 Å². The average Bonchev–Trinajstić information content (AvgIpc) is 2.35. The Morgan fingerprint density at radius 2 is 2.31 bits per heavy atom. The molecule has 1 aromatic carbocycles. The Bertz CT molecular complexity index is 409. The number of carbonyl (C=O) groups excluding carboxylic acids is 1. The normalized spacial score (nSPS) is 15.4. The van der Waals surface area contributed by atoms with E-state index < -0.39 is 0 Å². The summed E-state index contributed by atoms with van der Waals surface area (Å²) in [5.74, 6) is 1.10. The summed E-state index contributed by atoms with van der Waals surface area (Å²) in [7, 11) is 0. The summed E-state index contributed by atoms with van der Waals surface area (Å²) >= 11 is 0. The maximum Gasteiger partial charge on any atom is 0.293 e. The monoisotopic (exact) mass is 218 g/mol. The van der Waals surface area contributed by atoms with Gasteiger partial charge in [0.05, 0.1) is 12.9 Å². The molecule has 1 unspecified atom stereocenters. The minimum atomic E-state index is 0.193. The van der Waals surface area contributed by atoms with Gasteiger partial charge >= 0.3 is 0 Å². The molecule has 0 saturated heterocycles. The van der Waals surface area contributed by atoms with Crippen LogP contribution in [0.3, 0.4) is 0 Å². The fourth-order valence-corrected chi connectivity index (χ4v) is 1.75. The molecule has 0 radical (unpaired) electrons. The molecule has 0 fully saturated rings. The van der Waals surface area contributed by atoms with Crippen LogP contribution in [0, 0.1) is 5.92 Å². The van der Waals surface area contributed by atoms with E-state index in [4.69, 9.17) is 9.47 Å². The molecule has 0 spiro atoms. The molecular weight excluding hydrogens is 204 g/mol. The van der Waals surface area contributed by atoms with Crippen molar-refractivity contribution >= 4 is 6.47 Å². The van der Waals surface area contributed by atoms with Gasteiger partial charge in [-0.2, -0.15) is 0 Å². The topological polar surface area (TPSA) is 35.5 Å². The molecule has 1 heterocycles. The van der Waals surface area contributed by atoms with E-state index in [1.54, 1.807) is 6.26 Å². The molecule has 16 heavy (non-hydrogen) atoms. The van der Waals surface area contributed by atoms with E-state index in [2.05, 4.69) is 6.07 Å². The molecule has 1 aliphatic heterocycles. The quantitative estimate of drug-likeness (QED) is 0.727. The number of carbonyl (C=O) groups is 1. The van der Waals surface area contributed by atoms with Crippen molar-refractivity contribution in [2.45, 2.75) is 13.3 Å². The maximum atomic E-state index is 10.1. The lowest BCUT2D eigenvalue weighted by atomic mass is 9.94. The third kappa shape index (κ3) is 2.24. The Hall–Kier alpha value is -1.77. The molecule has 0 N–H and O–H groups in total. The van der Waals surface area contributed by atoms with E-state index in [-0.39, 0.29) is 5.92 Å². The third-order valence-corrected chi connectivity index (χ3v) is 2.75. The Morgan fingerprint density at radius 1 is 1.50 bits per heavy atom. The summed E-state index contributed by atoms with van der Waals surface area (Å²) in [6.07, 6.45) is 2.63. The van der Waals surface area contributed by atoms with Crippen molar-refractivity contribution in [3.63, 3.8) is 0 Å². The van der Waals surface area contributed by atoms with Crippen LogP contribution in [0.15, 0.2) is 36.1 Å². The Labute approximate surface area is 94.7 Å². The second-order valence-corrected chi connectivity index (χ2v) is 3.93. The molecule has 3 nitrogen and oxygen atoms in total. The van der Waals surface area contributed by atoms with Crippen LogP contribution in [0.1, 0.15) is 12.5 Å². The molecule has 2 rings (SSSR count). The number of ether oxygens (including phenoxy) is 2. The zero-order chi connectivity index (χ0) is 11.4. The zero-order valence-electron chi connectivity index (χ0n) is 9.18. The van der Waals surface area contributed by atoms with Gasteiger partial charge in [0.2, 0.25) is 0 Å². The highest BCUT2D eigenvalue weighted by molar-refractivity contribution is 5.40. The van der Waals surface area contributed by atoms with Gasteiger partial charge in [0.1, 0.15) is 5.75 Å². The molecule has 1 aromatic rings. The molecule has 0 aromatic heterocycles. The van der Waals surface area contributed by atoms with Crippen LogP contribution in [0.5, 0.6) is 5.75 Å². The van der Waals surface area contributed by atoms with E-state index >= 15 is 0 Å². The third-order valence-electron chi connectivity index (χ3n) is 2.75. The lowest BCUT2D eigenvalue weighted by molar-refractivity contribution is -0.129. The Kier molecular flexibility index (Phi) is 3.25.